The molecular formula is C20H17NO2. The lowest BCUT2D eigenvalue weighted by molar-refractivity contribution is -0.134. The third-order valence-electron chi connectivity index (χ3n) is 3.61. The Bertz CT molecular complexity index is 927. The van der Waals surface area contributed by atoms with Gasteiger partial charge >= 0.3 is 0 Å². The van der Waals surface area contributed by atoms with Crippen molar-refractivity contribution in [1.82, 2.24) is 4.98 Å². The molecule has 0 radical (unpaired) electrons. The normalized spacial score (nSPS) is 10.3. The third kappa shape index (κ3) is 3.24. The first-order chi connectivity index (χ1) is 11.1. The second-order valence-electron chi connectivity index (χ2n) is 5.32. The second-order valence-corrected chi connectivity index (χ2v) is 5.32. The van der Waals surface area contributed by atoms with Gasteiger partial charge in [-0.1, -0.05) is 60.7 Å². The molecule has 0 fully saturated rings. The van der Waals surface area contributed by atoms with Gasteiger partial charge in [0.25, 0.3) is 5.97 Å². The monoisotopic (exact) mass is 303 g/mol. The topological polar surface area (TPSA) is 53.1 Å². The summed E-state index contributed by atoms with van der Waals surface area (Å²) in [4.78, 5) is 12.5. The van der Waals surface area contributed by atoms with Crippen LogP contribution in [0.5, 0.6) is 0 Å². The number of carboxylic acid groups (broad SMARTS) is 1. The maximum Gasteiger partial charge on any atom is 0.300 e. The molecule has 0 spiro atoms. The van der Waals surface area contributed by atoms with Crippen molar-refractivity contribution in [2.24, 2.45) is 0 Å². The third-order valence-corrected chi connectivity index (χ3v) is 3.61. The van der Waals surface area contributed by atoms with E-state index in [1.165, 1.54) is 32.9 Å². The summed E-state index contributed by atoms with van der Waals surface area (Å²) in [6, 6.07) is 25.6. The molecule has 3 nitrogen and oxygen atoms in total. The Hall–Kier alpha value is -3.07. The summed E-state index contributed by atoms with van der Waals surface area (Å²) in [5, 5.41) is 11.2. The van der Waals surface area contributed by atoms with E-state index < -0.39 is 5.97 Å². The molecule has 114 valence electrons. The zero-order chi connectivity index (χ0) is 16.2. The smallest absolute Gasteiger partial charge is 0.300 e. The van der Waals surface area contributed by atoms with Crippen molar-refractivity contribution < 1.29 is 9.90 Å². The van der Waals surface area contributed by atoms with Crippen molar-refractivity contribution in [1.29, 1.82) is 0 Å². The minimum Gasteiger partial charge on any atom is -0.481 e. The van der Waals surface area contributed by atoms with Crippen molar-refractivity contribution >= 4 is 27.6 Å². The van der Waals surface area contributed by atoms with Crippen LogP contribution in [0.25, 0.3) is 32.9 Å². The van der Waals surface area contributed by atoms with E-state index in [4.69, 9.17) is 9.90 Å². The average Bonchev–Trinajstić information content (AvgIpc) is 2.97. The minimum absolute atomic E-state index is 0.833. The number of carbonyl (C=O) groups is 1. The first-order valence-corrected chi connectivity index (χ1v) is 7.40. The Balaban J connectivity index is 0.000000354. The van der Waals surface area contributed by atoms with Gasteiger partial charge in [0.2, 0.25) is 0 Å². The maximum absolute atomic E-state index is 9.00. The van der Waals surface area contributed by atoms with Gasteiger partial charge in [-0.2, -0.15) is 0 Å². The summed E-state index contributed by atoms with van der Waals surface area (Å²) < 4.78 is 0. The lowest BCUT2D eigenvalue weighted by Crippen LogP contribution is -1.80. The molecule has 0 aliphatic carbocycles. The van der Waals surface area contributed by atoms with E-state index in [0.717, 1.165) is 6.92 Å². The first-order valence-electron chi connectivity index (χ1n) is 7.40. The molecule has 0 aliphatic rings. The number of para-hydroxylation sites is 1. The number of fused-ring (bicyclic) bond motifs is 2. The molecule has 0 atom stereocenters. The molecule has 23 heavy (non-hydrogen) atoms. The van der Waals surface area contributed by atoms with Gasteiger partial charge in [-0.25, -0.2) is 0 Å². The second kappa shape index (κ2) is 6.36. The summed E-state index contributed by atoms with van der Waals surface area (Å²) in [7, 11) is 0. The SMILES string of the molecule is CC(=O)O.c1ccc2[nH]c(-c3cccc4ccccc34)cc2c1. The molecular weight excluding hydrogens is 286 g/mol. The summed E-state index contributed by atoms with van der Waals surface area (Å²) in [5.74, 6) is -0.833. The summed E-state index contributed by atoms with van der Waals surface area (Å²) >= 11 is 0. The van der Waals surface area contributed by atoms with Gasteiger partial charge < -0.3 is 10.1 Å². The van der Waals surface area contributed by atoms with E-state index >= 15 is 0 Å². The number of aromatic nitrogens is 1. The van der Waals surface area contributed by atoms with Crippen molar-refractivity contribution in [3.63, 3.8) is 0 Å². The number of hydrogen-bond acceptors (Lipinski definition) is 1. The van der Waals surface area contributed by atoms with Gasteiger partial charge in [0, 0.05) is 29.1 Å². The Labute approximate surface area is 134 Å². The van der Waals surface area contributed by atoms with Crippen LogP contribution >= 0.6 is 0 Å². The Morgan fingerprint density at radius 1 is 0.870 bits per heavy atom. The van der Waals surface area contributed by atoms with Crippen molar-refractivity contribution in [2.45, 2.75) is 6.92 Å². The number of aromatic amines is 1. The maximum atomic E-state index is 9.00. The number of nitrogens with one attached hydrogen (secondary N) is 1. The molecule has 2 N–H and O–H groups in total. The number of hydrogen-bond donors (Lipinski definition) is 2. The zero-order valence-corrected chi connectivity index (χ0v) is 12.8. The van der Waals surface area contributed by atoms with Crippen LogP contribution < -0.4 is 0 Å². The fourth-order valence-electron chi connectivity index (χ4n) is 2.68. The predicted molar refractivity (Wildman–Crippen MR) is 94.6 cm³/mol. The molecule has 4 aromatic rings. The van der Waals surface area contributed by atoms with Crippen molar-refractivity contribution in [3.05, 3.63) is 72.8 Å². The highest BCUT2D eigenvalue weighted by Gasteiger charge is 2.06. The van der Waals surface area contributed by atoms with E-state index in [0.29, 0.717) is 0 Å². The lowest BCUT2D eigenvalue weighted by atomic mass is 10.0. The molecule has 0 bridgehead atoms. The standard InChI is InChI=1S/C18H13N.C2H4O2/c1-3-9-15-13(6-1)8-5-10-16(15)18-12-14-7-2-4-11-17(14)19-18;1-2(3)4/h1-12,19H;1H3,(H,3,4). The zero-order valence-electron chi connectivity index (χ0n) is 12.8. The van der Waals surface area contributed by atoms with Crippen LogP contribution in [0.1, 0.15) is 6.92 Å². The van der Waals surface area contributed by atoms with Crippen LogP contribution in [0.4, 0.5) is 0 Å². The van der Waals surface area contributed by atoms with E-state index in [-0.39, 0.29) is 0 Å². The van der Waals surface area contributed by atoms with Crippen molar-refractivity contribution in [2.75, 3.05) is 0 Å². The van der Waals surface area contributed by atoms with Crippen LogP contribution in [0.3, 0.4) is 0 Å². The van der Waals surface area contributed by atoms with Crippen LogP contribution in [0.2, 0.25) is 0 Å². The van der Waals surface area contributed by atoms with Crippen LogP contribution in [-0.2, 0) is 4.79 Å². The van der Waals surface area contributed by atoms with Gasteiger partial charge in [-0.05, 0) is 22.9 Å². The Morgan fingerprint density at radius 3 is 2.22 bits per heavy atom. The molecule has 3 aromatic carbocycles. The minimum atomic E-state index is -0.833. The lowest BCUT2D eigenvalue weighted by Gasteiger charge is -2.04. The predicted octanol–water partition coefficient (Wildman–Crippen LogP) is 5.08. The average molecular weight is 303 g/mol. The van der Waals surface area contributed by atoms with E-state index in [9.17, 15) is 0 Å². The summed E-state index contributed by atoms with van der Waals surface area (Å²) in [5.41, 5.74) is 3.62. The molecule has 0 aliphatic heterocycles. The number of carboxylic acids is 1. The number of H-pyrrole nitrogens is 1. The fourth-order valence-corrected chi connectivity index (χ4v) is 2.68. The fraction of sp³-hybridized carbons (Fsp3) is 0.0500. The van der Waals surface area contributed by atoms with Crippen molar-refractivity contribution in [3.8, 4) is 11.3 Å². The Morgan fingerprint density at radius 2 is 1.48 bits per heavy atom. The molecule has 3 heteroatoms. The number of benzene rings is 3. The van der Waals surface area contributed by atoms with Crippen LogP contribution in [0, 0.1) is 0 Å². The molecule has 1 aromatic heterocycles. The highest BCUT2D eigenvalue weighted by molar-refractivity contribution is 5.98. The molecule has 0 saturated heterocycles. The molecule has 0 saturated carbocycles. The molecule has 1 heterocycles. The highest BCUT2D eigenvalue weighted by atomic mass is 16.4. The Kier molecular flexibility index (Phi) is 4.11. The molecule has 0 unspecified atom stereocenters. The number of rotatable bonds is 1. The van der Waals surface area contributed by atoms with E-state index in [2.05, 4.69) is 77.8 Å². The van der Waals surface area contributed by atoms with Gasteiger partial charge in [0.15, 0.2) is 0 Å². The largest absolute Gasteiger partial charge is 0.481 e. The van der Waals surface area contributed by atoms with Crippen LogP contribution in [-0.4, -0.2) is 16.1 Å². The van der Waals surface area contributed by atoms with Gasteiger partial charge in [0.05, 0.1) is 0 Å². The molecule has 0 amide bonds. The van der Waals surface area contributed by atoms with E-state index in [1.807, 2.05) is 0 Å². The first kappa shape index (κ1) is 14.9. The van der Waals surface area contributed by atoms with Gasteiger partial charge in [-0.3, -0.25) is 4.79 Å². The number of aliphatic carboxylic acids is 1. The van der Waals surface area contributed by atoms with E-state index in [1.54, 1.807) is 0 Å². The molecule has 4 rings (SSSR count). The van der Waals surface area contributed by atoms with Crippen LogP contribution in [0.15, 0.2) is 72.8 Å². The summed E-state index contributed by atoms with van der Waals surface area (Å²) in [6.07, 6.45) is 0. The summed E-state index contributed by atoms with van der Waals surface area (Å²) in [6.45, 7) is 1.08. The highest BCUT2D eigenvalue weighted by Crippen LogP contribution is 2.30. The van der Waals surface area contributed by atoms with Gasteiger partial charge in [-0.15, -0.1) is 0 Å². The van der Waals surface area contributed by atoms with Gasteiger partial charge in [0.1, 0.15) is 0 Å². The quantitative estimate of drug-likeness (QED) is 0.515.